The van der Waals surface area contributed by atoms with Gasteiger partial charge in [0, 0.05) is 9.75 Å². The van der Waals surface area contributed by atoms with Crippen LogP contribution in [0, 0.1) is 0 Å². The fraction of sp³-hybridized carbons (Fsp3) is 0.375. The number of fused-ring (bicyclic) bond motifs is 1. The molecule has 4 heteroatoms. The van der Waals surface area contributed by atoms with Crippen LogP contribution in [0.15, 0.2) is 28.7 Å². The van der Waals surface area contributed by atoms with Gasteiger partial charge in [0.15, 0.2) is 0 Å². The predicted molar refractivity (Wildman–Crippen MR) is 89.4 cm³/mol. The van der Waals surface area contributed by atoms with Gasteiger partial charge in [0.2, 0.25) is 0 Å². The Morgan fingerprint density at radius 3 is 2.75 bits per heavy atom. The van der Waals surface area contributed by atoms with Gasteiger partial charge in [-0.1, -0.05) is 6.07 Å². The summed E-state index contributed by atoms with van der Waals surface area (Å²) in [5.74, 6) is 0.836. The fourth-order valence-corrected chi connectivity index (χ4v) is 4.80. The van der Waals surface area contributed by atoms with E-state index in [-0.39, 0.29) is 5.38 Å². The Kier molecular flexibility index (Phi) is 4.39. The molecule has 0 N–H and O–H groups in total. The summed E-state index contributed by atoms with van der Waals surface area (Å²) in [6.07, 6.45) is 5.05. The van der Waals surface area contributed by atoms with E-state index in [4.69, 9.17) is 16.3 Å². The molecule has 1 aliphatic rings. The molecule has 1 atom stereocenters. The molecular formula is C16H16BrClOS. The van der Waals surface area contributed by atoms with Crippen molar-refractivity contribution in [2.24, 2.45) is 0 Å². The van der Waals surface area contributed by atoms with Gasteiger partial charge >= 0.3 is 0 Å². The Balaban J connectivity index is 1.90. The van der Waals surface area contributed by atoms with Crippen molar-refractivity contribution in [2.45, 2.75) is 31.1 Å². The van der Waals surface area contributed by atoms with E-state index in [0.29, 0.717) is 0 Å². The highest BCUT2D eigenvalue weighted by Gasteiger charge is 2.19. The van der Waals surface area contributed by atoms with Crippen molar-refractivity contribution in [1.82, 2.24) is 0 Å². The zero-order valence-corrected chi connectivity index (χ0v) is 14.4. The van der Waals surface area contributed by atoms with Crippen LogP contribution in [0.3, 0.4) is 0 Å². The highest BCUT2D eigenvalue weighted by molar-refractivity contribution is 9.10. The third-order valence-corrected chi connectivity index (χ3v) is 6.27. The number of methoxy groups -OCH3 is 1. The van der Waals surface area contributed by atoms with Crippen LogP contribution in [-0.2, 0) is 12.8 Å². The minimum absolute atomic E-state index is 0.0761. The standard InChI is InChI=1S/C16H16BrClOS/c1-19-13-7-6-11(8-12(13)17)16(18)15-9-10-4-2-3-5-14(10)20-15/h6-9,16H,2-5H2,1H3. The molecule has 2 aromatic rings. The molecule has 20 heavy (non-hydrogen) atoms. The van der Waals surface area contributed by atoms with Gasteiger partial charge in [-0.05, 0) is 70.9 Å². The molecule has 106 valence electrons. The van der Waals surface area contributed by atoms with Gasteiger partial charge in [-0.2, -0.15) is 0 Å². The molecule has 1 aromatic heterocycles. The lowest BCUT2D eigenvalue weighted by atomic mass is 9.99. The average Bonchev–Trinajstić information content (AvgIpc) is 2.90. The van der Waals surface area contributed by atoms with Gasteiger partial charge in [-0.15, -0.1) is 22.9 Å². The van der Waals surface area contributed by atoms with Crippen molar-refractivity contribution in [2.75, 3.05) is 7.11 Å². The maximum atomic E-state index is 6.67. The number of hydrogen-bond donors (Lipinski definition) is 0. The number of alkyl halides is 1. The zero-order valence-electron chi connectivity index (χ0n) is 11.3. The molecule has 0 fully saturated rings. The highest BCUT2D eigenvalue weighted by Crippen LogP contribution is 2.40. The maximum Gasteiger partial charge on any atom is 0.133 e. The largest absolute Gasteiger partial charge is 0.496 e. The molecule has 3 rings (SSSR count). The number of halogens is 2. The first-order valence-corrected chi connectivity index (χ1v) is 8.82. The molecule has 0 amide bonds. The van der Waals surface area contributed by atoms with Crippen LogP contribution in [0.25, 0.3) is 0 Å². The first-order chi connectivity index (χ1) is 9.69. The van der Waals surface area contributed by atoms with Crippen molar-refractivity contribution < 1.29 is 4.74 Å². The fourth-order valence-electron chi connectivity index (χ4n) is 2.64. The Morgan fingerprint density at radius 2 is 2.05 bits per heavy atom. The normalized spacial score (nSPS) is 15.8. The van der Waals surface area contributed by atoms with Crippen LogP contribution in [0.5, 0.6) is 5.75 Å². The van der Waals surface area contributed by atoms with Crippen molar-refractivity contribution in [3.63, 3.8) is 0 Å². The number of thiophene rings is 1. The molecule has 0 spiro atoms. The smallest absolute Gasteiger partial charge is 0.133 e. The van der Waals surface area contributed by atoms with Crippen LogP contribution >= 0.6 is 38.9 Å². The molecule has 1 unspecified atom stereocenters. The number of benzene rings is 1. The predicted octanol–water partition coefficient (Wildman–Crippen LogP) is 5.73. The number of hydrogen-bond acceptors (Lipinski definition) is 2. The lowest BCUT2D eigenvalue weighted by Crippen LogP contribution is -1.96. The van der Waals surface area contributed by atoms with E-state index in [1.165, 1.54) is 41.0 Å². The van der Waals surface area contributed by atoms with Gasteiger partial charge in [0.25, 0.3) is 0 Å². The van der Waals surface area contributed by atoms with Crippen molar-refractivity contribution in [1.29, 1.82) is 0 Å². The summed E-state index contributed by atoms with van der Waals surface area (Å²) in [6.45, 7) is 0. The Bertz CT molecular complexity index is 599. The van der Waals surface area contributed by atoms with Crippen LogP contribution < -0.4 is 4.74 Å². The molecular weight excluding hydrogens is 356 g/mol. The Labute approximate surface area is 137 Å². The quantitative estimate of drug-likeness (QED) is 0.626. The first kappa shape index (κ1) is 14.4. The Hall–Kier alpha value is -0.510. The Morgan fingerprint density at radius 1 is 1.25 bits per heavy atom. The van der Waals surface area contributed by atoms with Crippen LogP contribution in [-0.4, -0.2) is 7.11 Å². The van der Waals surface area contributed by atoms with Gasteiger partial charge in [-0.3, -0.25) is 0 Å². The summed E-state index contributed by atoms with van der Waals surface area (Å²) in [4.78, 5) is 2.79. The summed E-state index contributed by atoms with van der Waals surface area (Å²) in [5.41, 5.74) is 2.62. The molecule has 1 nitrogen and oxygen atoms in total. The van der Waals surface area contributed by atoms with E-state index in [0.717, 1.165) is 15.8 Å². The van der Waals surface area contributed by atoms with E-state index in [2.05, 4.69) is 28.1 Å². The van der Waals surface area contributed by atoms with E-state index in [1.807, 2.05) is 23.5 Å². The van der Waals surface area contributed by atoms with Crippen LogP contribution in [0.2, 0.25) is 0 Å². The lowest BCUT2D eigenvalue weighted by Gasteiger charge is -2.10. The molecule has 0 saturated carbocycles. The van der Waals surface area contributed by atoms with Gasteiger partial charge in [0.05, 0.1) is 17.0 Å². The summed E-state index contributed by atoms with van der Waals surface area (Å²) < 4.78 is 6.21. The van der Waals surface area contributed by atoms with E-state index >= 15 is 0 Å². The second-order valence-electron chi connectivity index (χ2n) is 5.06. The van der Waals surface area contributed by atoms with Gasteiger partial charge < -0.3 is 4.74 Å². The maximum absolute atomic E-state index is 6.67. The molecule has 0 aliphatic heterocycles. The molecule has 0 radical (unpaired) electrons. The molecule has 1 aromatic carbocycles. The average molecular weight is 372 g/mol. The van der Waals surface area contributed by atoms with Gasteiger partial charge in [-0.25, -0.2) is 0 Å². The summed E-state index contributed by atoms with van der Waals surface area (Å²) in [5, 5.41) is -0.0761. The summed E-state index contributed by atoms with van der Waals surface area (Å²) >= 11 is 12.1. The summed E-state index contributed by atoms with van der Waals surface area (Å²) in [7, 11) is 1.67. The van der Waals surface area contributed by atoms with E-state index < -0.39 is 0 Å². The minimum Gasteiger partial charge on any atom is -0.496 e. The van der Waals surface area contributed by atoms with Crippen molar-refractivity contribution >= 4 is 38.9 Å². The third kappa shape index (κ3) is 2.76. The topological polar surface area (TPSA) is 9.23 Å². The van der Waals surface area contributed by atoms with Crippen LogP contribution in [0.4, 0.5) is 0 Å². The number of ether oxygens (including phenoxy) is 1. The molecule has 1 heterocycles. The second-order valence-corrected chi connectivity index (χ2v) is 7.52. The second kappa shape index (κ2) is 6.08. The van der Waals surface area contributed by atoms with E-state index in [9.17, 15) is 0 Å². The zero-order chi connectivity index (χ0) is 14.1. The van der Waals surface area contributed by atoms with Crippen molar-refractivity contribution in [3.8, 4) is 5.75 Å². The minimum atomic E-state index is -0.0761. The van der Waals surface area contributed by atoms with Crippen molar-refractivity contribution in [3.05, 3.63) is 49.6 Å². The monoisotopic (exact) mass is 370 g/mol. The lowest BCUT2D eigenvalue weighted by molar-refractivity contribution is 0.412. The number of aryl methyl sites for hydroxylation is 2. The van der Waals surface area contributed by atoms with E-state index in [1.54, 1.807) is 7.11 Å². The molecule has 0 saturated heterocycles. The number of rotatable bonds is 3. The molecule has 0 bridgehead atoms. The highest BCUT2D eigenvalue weighted by atomic mass is 79.9. The van der Waals surface area contributed by atoms with Crippen LogP contribution in [0.1, 0.15) is 39.1 Å². The summed E-state index contributed by atoms with van der Waals surface area (Å²) in [6, 6.07) is 8.35. The third-order valence-electron chi connectivity index (χ3n) is 3.73. The molecule has 1 aliphatic carbocycles. The first-order valence-electron chi connectivity index (χ1n) is 6.78. The SMILES string of the molecule is COc1ccc(C(Cl)c2cc3c(s2)CCCC3)cc1Br. The van der Waals surface area contributed by atoms with Gasteiger partial charge in [0.1, 0.15) is 5.75 Å².